The number of hydrogen-bond donors (Lipinski definition) is 3. The van der Waals surface area contributed by atoms with Gasteiger partial charge in [0.25, 0.3) is 0 Å². The highest BCUT2D eigenvalue weighted by molar-refractivity contribution is 5.91. The summed E-state index contributed by atoms with van der Waals surface area (Å²) in [6, 6.07) is 0.468. The number of piperidine rings is 1. The van der Waals surface area contributed by atoms with Gasteiger partial charge in [0.1, 0.15) is 17.8 Å². The van der Waals surface area contributed by atoms with E-state index in [1.165, 1.54) is 36.6 Å². The third-order valence-electron chi connectivity index (χ3n) is 4.96. The molecule has 2 fully saturated rings. The van der Waals surface area contributed by atoms with Crippen molar-refractivity contribution in [1.82, 2.24) is 20.3 Å². The van der Waals surface area contributed by atoms with E-state index in [9.17, 15) is 0 Å². The summed E-state index contributed by atoms with van der Waals surface area (Å²) in [6.45, 7) is 4.48. The second-order valence-corrected chi connectivity index (χ2v) is 6.50. The Morgan fingerprint density at radius 3 is 2.95 bits per heavy atom. The largest absolute Gasteiger partial charge is 0.365 e. The van der Waals surface area contributed by atoms with E-state index in [0.717, 1.165) is 30.5 Å². The maximum Gasteiger partial charge on any atom is 0.143 e. The molecule has 0 aromatic carbocycles. The van der Waals surface area contributed by atoms with Gasteiger partial charge in [-0.2, -0.15) is 0 Å². The fourth-order valence-corrected chi connectivity index (χ4v) is 3.47. The molecule has 2 aromatic rings. The zero-order valence-electron chi connectivity index (χ0n) is 12.5. The van der Waals surface area contributed by atoms with Crippen LogP contribution in [0.2, 0.25) is 0 Å². The molecule has 2 unspecified atom stereocenters. The van der Waals surface area contributed by atoms with Crippen molar-refractivity contribution in [3.05, 3.63) is 18.1 Å². The topological polar surface area (TPSA) is 65.6 Å². The summed E-state index contributed by atoms with van der Waals surface area (Å²) in [4.78, 5) is 12.2. The normalized spacial score (nSPS) is 24.1. The smallest absolute Gasteiger partial charge is 0.143 e. The van der Waals surface area contributed by atoms with E-state index in [2.05, 4.69) is 38.7 Å². The van der Waals surface area contributed by atoms with Gasteiger partial charge in [-0.3, -0.25) is 0 Å². The van der Waals surface area contributed by atoms with Crippen LogP contribution in [0.3, 0.4) is 0 Å². The van der Waals surface area contributed by atoms with Crippen molar-refractivity contribution in [2.24, 2.45) is 5.92 Å². The number of H-pyrrole nitrogens is 1. The van der Waals surface area contributed by atoms with Crippen LogP contribution >= 0.6 is 0 Å². The molecule has 21 heavy (non-hydrogen) atoms. The number of fused-ring (bicyclic) bond motifs is 1. The Balaban J connectivity index is 1.68. The van der Waals surface area contributed by atoms with E-state index >= 15 is 0 Å². The number of anilines is 1. The van der Waals surface area contributed by atoms with Gasteiger partial charge in [-0.1, -0.05) is 6.92 Å². The molecule has 2 aromatic heterocycles. The molecular formula is C16H23N5. The quantitative estimate of drug-likeness (QED) is 0.808. The molecule has 5 heteroatoms. The molecule has 0 spiro atoms. The average Bonchev–Trinajstić information content (AvgIpc) is 3.27. The van der Waals surface area contributed by atoms with Crippen molar-refractivity contribution in [3.63, 3.8) is 0 Å². The first-order chi connectivity index (χ1) is 10.3. The Hall–Kier alpha value is -1.62. The van der Waals surface area contributed by atoms with Gasteiger partial charge in [-0.05, 0) is 49.6 Å². The van der Waals surface area contributed by atoms with Gasteiger partial charge in [0.15, 0.2) is 0 Å². The van der Waals surface area contributed by atoms with Crippen molar-refractivity contribution < 1.29 is 0 Å². The lowest BCUT2D eigenvalue weighted by Crippen LogP contribution is -2.38. The molecule has 5 nitrogen and oxygen atoms in total. The maximum atomic E-state index is 4.53. The number of rotatable bonds is 4. The van der Waals surface area contributed by atoms with Crippen LogP contribution < -0.4 is 10.6 Å². The van der Waals surface area contributed by atoms with Crippen molar-refractivity contribution in [2.45, 2.75) is 44.6 Å². The standard InChI is InChI=1S/C16H23N5/c1-10(11-4-5-11)13-8-18-15-14(13)16(20-9-19-15)21-12-3-2-6-17-7-12/h8-12,17H,2-7H2,1H3,(H2,18,19,20,21). The number of nitrogens with zero attached hydrogens (tertiary/aromatic N) is 2. The van der Waals surface area contributed by atoms with Gasteiger partial charge < -0.3 is 15.6 Å². The Bertz CT molecular complexity index is 625. The molecule has 0 radical (unpaired) electrons. The van der Waals surface area contributed by atoms with Gasteiger partial charge in [-0.25, -0.2) is 9.97 Å². The third-order valence-corrected chi connectivity index (χ3v) is 4.96. The molecule has 2 aliphatic rings. The van der Waals surface area contributed by atoms with Crippen LogP contribution in [0.5, 0.6) is 0 Å². The van der Waals surface area contributed by atoms with Gasteiger partial charge in [-0.15, -0.1) is 0 Å². The zero-order chi connectivity index (χ0) is 14.2. The first-order valence-corrected chi connectivity index (χ1v) is 8.12. The van der Waals surface area contributed by atoms with Crippen molar-refractivity contribution >= 4 is 16.9 Å². The van der Waals surface area contributed by atoms with Crippen LogP contribution in [0.1, 0.15) is 44.1 Å². The molecule has 1 saturated heterocycles. The lowest BCUT2D eigenvalue weighted by Gasteiger charge is -2.24. The second-order valence-electron chi connectivity index (χ2n) is 6.50. The van der Waals surface area contributed by atoms with E-state index in [4.69, 9.17) is 0 Å². The number of nitrogens with one attached hydrogen (secondary N) is 3. The highest BCUT2D eigenvalue weighted by Crippen LogP contribution is 2.44. The molecule has 0 amide bonds. The Labute approximate surface area is 124 Å². The van der Waals surface area contributed by atoms with E-state index in [1.54, 1.807) is 6.33 Å². The van der Waals surface area contributed by atoms with Crippen LogP contribution in [-0.4, -0.2) is 34.1 Å². The van der Waals surface area contributed by atoms with Crippen LogP contribution in [0, 0.1) is 5.92 Å². The second kappa shape index (κ2) is 5.30. The average molecular weight is 285 g/mol. The predicted octanol–water partition coefficient (Wildman–Crippen LogP) is 2.64. The predicted molar refractivity (Wildman–Crippen MR) is 84.5 cm³/mol. The lowest BCUT2D eigenvalue weighted by molar-refractivity contribution is 0.479. The molecular weight excluding hydrogens is 262 g/mol. The molecule has 1 aliphatic heterocycles. The maximum absolute atomic E-state index is 4.53. The highest BCUT2D eigenvalue weighted by atomic mass is 15.1. The number of aromatic amines is 1. The summed E-state index contributed by atoms with van der Waals surface area (Å²) in [5.41, 5.74) is 2.33. The Morgan fingerprint density at radius 2 is 2.19 bits per heavy atom. The molecule has 112 valence electrons. The fourth-order valence-electron chi connectivity index (χ4n) is 3.47. The van der Waals surface area contributed by atoms with E-state index in [1.807, 2.05) is 0 Å². The highest BCUT2D eigenvalue weighted by Gasteiger charge is 2.31. The molecule has 1 aliphatic carbocycles. The first-order valence-electron chi connectivity index (χ1n) is 8.12. The molecule has 3 N–H and O–H groups in total. The minimum Gasteiger partial charge on any atom is -0.365 e. The molecule has 2 atom stereocenters. The van der Waals surface area contributed by atoms with Crippen LogP contribution in [0.25, 0.3) is 11.0 Å². The fraction of sp³-hybridized carbons (Fsp3) is 0.625. The zero-order valence-corrected chi connectivity index (χ0v) is 12.5. The van der Waals surface area contributed by atoms with Crippen LogP contribution in [-0.2, 0) is 0 Å². The van der Waals surface area contributed by atoms with Crippen LogP contribution in [0.15, 0.2) is 12.5 Å². The Morgan fingerprint density at radius 1 is 1.29 bits per heavy atom. The van der Waals surface area contributed by atoms with E-state index in [-0.39, 0.29) is 0 Å². The summed E-state index contributed by atoms with van der Waals surface area (Å²) in [6.07, 6.45) is 8.93. The summed E-state index contributed by atoms with van der Waals surface area (Å²) in [5.74, 6) is 2.43. The summed E-state index contributed by atoms with van der Waals surface area (Å²) in [5, 5.41) is 8.28. The molecule has 4 rings (SSSR count). The molecule has 3 heterocycles. The van der Waals surface area contributed by atoms with E-state index < -0.39 is 0 Å². The third kappa shape index (κ3) is 2.50. The monoisotopic (exact) mass is 285 g/mol. The van der Waals surface area contributed by atoms with Crippen molar-refractivity contribution in [3.8, 4) is 0 Å². The van der Waals surface area contributed by atoms with Gasteiger partial charge >= 0.3 is 0 Å². The minimum absolute atomic E-state index is 0.468. The number of aromatic nitrogens is 3. The first kappa shape index (κ1) is 13.1. The summed E-state index contributed by atoms with van der Waals surface area (Å²) in [7, 11) is 0. The minimum atomic E-state index is 0.468. The van der Waals surface area contributed by atoms with Crippen LogP contribution in [0.4, 0.5) is 5.82 Å². The Kier molecular flexibility index (Phi) is 3.30. The van der Waals surface area contributed by atoms with Crippen molar-refractivity contribution in [1.29, 1.82) is 0 Å². The van der Waals surface area contributed by atoms with E-state index in [0.29, 0.717) is 12.0 Å². The lowest BCUT2D eigenvalue weighted by atomic mass is 9.96. The summed E-state index contributed by atoms with van der Waals surface area (Å²) >= 11 is 0. The SMILES string of the molecule is CC(c1c[nH]c2ncnc(NC3CCCNC3)c12)C1CC1. The van der Waals surface area contributed by atoms with Gasteiger partial charge in [0.2, 0.25) is 0 Å². The summed E-state index contributed by atoms with van der Waals surface area (Å²) < 4.78 is 0. The van der Waals surface area contributed by atoms with Gasteiger partial charge in [0, 0.05) is 18.8 Å². The molecule has 1 saturated carbocycles. The van der Waals surface area contributed by atoms with Gasteiger partial charge in [0.05, 0.1) is 5.39 Å². The van der Waals surface area contributed by atoms with Crippen molar-refractivity contribution in [2.75, 3.05) is 18.4 Å². The molecule has 0 bridgehead atoms. The number of hydrogen-bond acceptors (Lipinski definition) is 4.